The second-order valence-electron chi connectivity index (χ2n) is 13.6. The minimum atomic E-state index is -3.72. The van der Waals surface area contributed by atoms with E-state index < -0.39 is 10.1 Å². The highest BCUT2D eigenvalue weighted by Gasteiger charge is 2.77. The first-order valence-corrected chi connectivity index (χ1v) is 16.0. The van der Waals surface area contributed by atoms with Crippen LogP contribution in [-0.2, 0) is 19.0 Å². The number of aryl methyl sites for hydroxylation is 1. The van der Waals surface area contributed by atoms with E-state index in [1.165, 1.54) is 57.8 Å². The predicted molar refractivity (Wildman–Crippen MR) is 142 cm³/mol. The van der Waals surface area contributed by atoms with Crippen LogP contribution in [0.25, 0.3) is 0 Å². The lowest BCUT2D eigenvalue weighted by Gasteiger charge is -2.61. The molecule has 0 radical (unpaired) electrons. The lowest BCUT2D eigenvalue weighted by molar-refractivity contribution is -0.165. The molecule has 5 fully saturated rings. The molecule has 5 aliphatic carbocycles. The Labute approximate surface area is 219 Å². The quantitative estimate of drug-likeness (QED) is 0.367. The molecule has 4 nitrogen and oxygen atoms in total. The van der Waals surface area contributed by atoms with E-state index in [0.717, 1.165) is 29.2 Å². The van der Waals surface area contributed by atoms with Crippen LogP contribution in [0.1, 0.15) is 84.1 Å². The standard InChI is InChI=1S/C31H46O4S/c1-6-30-16-14-26-24(17-28(34-5)31-18-22(31)13-15-29(26,31)4)27(30)12-11-25(30)21(3)19-35-36(32,33)23-9-7-20(2)8-10-23/h7-10,21-22,24-28H,6,11-19H2,1-5H3/t21-,22-,24-,25-,26+,27+,28-,29-,30-,31+/m1/s1. The van der Waals surface area contributed by atoms with Crippen molar-refractivity contribution in [1.29, 1.82) is 0 Å². The molecular weight excluding hydrogens is 468 g/mol. The first-order chi connectivity index (χ1) is 17.1. The monoisotopic (exact) mass is 514 g/mol. The molecule has 5 heteroatoms. The average Bonchev–Trinajstić information content (AvgIpc) is 3.34. The molecule has 1 aromatic rings. The molecule has 0 aromatic heterocycles. The molecule has 0 saturated heterocycles. The molecule has 0 heterocycles. The summed E-state index contributed by atoms with van der Waals surface area (Å²) in [5.74, 6) is 4.02. The van der Waals surface area contributed by atoms with Crippen molar-refractivity contribution < 1.29 is 17.3 Å². The summed E-state index contributed by atoms with van der Waals surface area (Å²) in [6.45, 7) is 9.52. The van der Waals surface area contributed by atoms with Gasteiger partial charge < -0.3 is 4.74 Å². The zero-order chi connectivity index (χ0) is 25.5. The van der Waals surface area contributed by atoms with E-state index in [1.807, 2.05) is 26.2 Å². The van der Waals surface area contributed by atoms with Gasteiger partial charge in [-0.05, 0) is 123 Å². The number of ether oxygens (including phenoxy) is 1. The summed E-state index contributed by atoms with van der Waals surface area (Å²) in [5, 5.41) is 0. The maximum atomic E-state index is 12.9. The van der Waals surface area contributed by atoms with E-state index in [4.69, 9.17) is 8.92 Å². The SMILES string of the molecule is CC[C@]12CC[C@H]3[C@@H](C[C@@H](OC)[C@]45C[C@H]4CC[C@]35C)[C@@H]1CC[C@@H]2[C@H](C)COS(=O)(=O)c1ccc(C)cc1. The molecule has 36 heavy (non-hydrogen) atoms. The Morgan fingerprint density at radius 1 is 1.06 bits per heavy atom. The van der Waals surface area contributed by atoms with Gasteiger partial charge in [0.05, 0.1) is 17.6 Å². The molecule has 0 unspecified atom stereocenters. The molecule has 0 N–H and O–H groups in total. The van der Waals surface area contributed by atoms with Crippen LogP contribution >= 0.6 is 0 Å². The Kier molecular flexibility index (Phi) is 6.02. The molecule has 6 rings (SSSR count). The number of rotatable bonds is 7. The number of hydrogen-bond donors (Lipinski definition) is 0. The van der Waals surface area contributed by atoms with Crippen LogP contribution in [0.2, 0.25) is 0 Å². The zero-order valence-corrected chi connectivity index (χ0v) is 23.8. The molecule has 0 aliphatic heterocycles. The smallest absolute Gasteiger partial charge is 0.296 e. The minimum Gasteiger partial charge on any atom is -0.381 e. The number of benzene rings is 1. The van der Waals surface area contributed by atoms with Crippen LogP contribution in [0.5, 0.6) is 0 Å². The third-order valence-corrected chi connectivity index (χ3v) is 14.0. The van der Waals surface area contributed by atoms with Gasteiger partial charge in [-0.2, -0.15) is 8.42 Å². The Morgan fingerprint density at radius 2 is 1.81 bits per heavy atom. The van der Waals surface area contributed by atoms with Gasteiger partial charge in [-0.15, -0.1) is 0 Å². The molecule has 5 saturated carbocycles. The molecule has 10 atom stereocenters. The largest absolute Gasteiger partial charge is 0.381 e. The van der Waals surface area contributed by atoms with Gasteiger partial charge in [0.25, 0.3) is 10.1 Å². The summed E-state index contributed by atoms with van der Waals surface area (Å²) in [7, 11) is -1.76. The van der Waals surface area contributed by atoms with Crippen molar-refractivity contribution in [2.45, 2.75) is 96.5 Å². The fraction of sp³-hybridized carbons (Fsp3) is 0.806. The lowest BCUT2D eigenvalue weighted by Crippen LogP contribution is -2.57. The number of fused-ring (bicyclic) bond motifs is 4. The minimum absolute atomic E-state index is 0.231. The van der Waals surface area contributed by atoms with Gasteiger partial charge in [0.15, 0.2) is 0 Å². The summed E-state index contributed by atoms with van der Waals surface area (Å²) in [5.41, 5.74) is 2.29. The molecular formula is C31H46O4S. The van der Waals surface area contributed by atoms with Crippen molar-refractivity contribution in [3.05, 3.63) is 29.8 Å². The first-order valence-electron chi connectivity index (χ1n) is 14.6. The summed E-state index contributed by atoms with van der Waals surface area (Å²) in [4.78, 5) is 0.264. The van der Waals surface area contributed by atoms with E-state index in [-0.39, 0.29) is 17.4 Å². The Bertz CT molecular complexity index is 1100. The van der Waals surface area contributed by atoms with Gasteiger partial charge in [-0.1, -0.05) is 38.5 Å². The maximum absolute atomic E-state index is 12.9. The van der Waals surface area contributed by atoms with E-state index >= 15 is 0 Å². The predicted octanol–water partition coefficient (Wildman–Crippen LogP) is 7.01. The number of methoxy groups -OCH3 is 1. The van der Waals surface area contributed by atoms with Crippen LogP contribution < -0.4 is 0 Å². The highest BCUT2D eigenvalue weighted by Crippen LogP contribution is 2.82. The fourth-order valence-electron chi connectivity index (χ4n) is 11.1. The van der Waals surface area contributed by atoms with E-state index in [1.54, 1.807) is 12.1 Å². The van der Waals surface area contributed by atoms with Crippen molar-refractivity contribution in [3.63, 3.8) is 0 Å². The van der Waals surface area contributed by atoms with Gasteiger partial charge in [0, 0.05) is 12.5 Å². The van der Waals surface area contributed by atoms with Gasteiger partial charge in [-0.3, -0.25) is 4.18 Å². The van der Waals surface area contributed by atoms with Crippen LogP contribution in [0, 0.1) is 58.7 Å². The summed E-state index contributed by atoms with van der Waals surface area (Å²) >= 11 is 0. The third-order valence-electron chi connectivity index (χ3n) is 12.8. The number of hydrogen-bond acceptors (Lipinski definition) is 4. The zero-order valence-electron chi connectivity index (χ0n) is 23.0. The fourth-order valence-corrected chi connectivity index (χ4v) is 12.1. The Balaban J connectivity index is 1.21. The Morgan fingerprint density at radius 3 is 2.47 bits per heavy atom. The van der Waals surface area contributed by atoms with Crippen molar-refractivity contribution in [1.82, 2.24) is 0 Å². The average molecular weight is 515 g/mol. The first kappa shape index (κ1) is 25.4. The van der Waals surface area contributed by atoms with Gasteiger partial charge in [-0.25, -0.2) is 0 Å². The molecule has 1 spiro atoms. The topological polar surface area (TPSA) is 52.6 Å². The summed E-state index contributed by atoms with van der Waals surface area (Å²) in [6.07, 6.45) is 12.2. The van der Waals surface area contributed by atoms with Crippen LogP contribution in [-0.4, -0.2) is 28.2 Å². The maximum Gasteiger partial charge on any atom is 0.296 e. The normalized spacial score (nSPS) is 45.9. The molecule has 5 aliphatic rings. The second-order valence-corrected chi connectivity index (χ2v) is 15.2. The third kappa shape index (κ3) is 3.33. The van der Waals surface area contributed by atoms with Gasteiger partial charge >= 0.3 is 0 Å². The molecule has 0 amide bonds. The van der Waals surface area contributed by atoms with Crippen LogP contribution in [0.15, 0.2) is 29.2 Å². The molecule has 0 bridgehead atoms. The van der Waals surface area contributed by atoms with E-state index in [9.17, 15) is 8.42 Å². The van der Waals surface area contributed by atoms with Crippen molar-refractivity contribution >= 4 is 10.1 Å². The van der Waals surface area contributed by atoms with Gasteiger partial charge in [0.1, 0.15) is 0 Å². The van der Waals surface area contributed by atoms with E-state index in [0.29, 0.717) is 28.3 Å². The Hall–Kier alpha value is -0.910. The van der Waals surface area contributed by atoms with E-state index in [2.05, 4.69) is 20.8 Å². The van der Waals surface area contributed by atoms with Crippen molar-refractivity contribution in [3.8, 4) is 0 Å². The molecule has 1 aromatic carbocycles. The highest BCUT2D eigenvalue weighted by molar-refractivity contribution is 7.86. The molecule has 200 valence electrons. The van der Waals surface area contributed by atoms with Crippen LogP contribution in [0.3, 0.4) is 0 Å². The van der Waals surface area contributed by atoms with Gasteiger partial charge in [0.2, 0.25) is 0 Å². The summed E-state index contributed by atoms with van der Waals surface area (Å²) in [6, 6.07) is 6.99. The van der Waals surface area contributed by atoms with Crippen LogP contribution in [0.4, 0.5) is 0 Å². The highest BCUT2D eigenvalue weighted by atomic mass is 32.2. The van der Waals surface area contributed by atoms with Crippen molar-refractivity contribution in [2.75, 3.05) is 13.7 Å². The second kappa shape index (κ2) is 8.55. The summed E-state index contributed by atoms with van der Waals surface area (Å²) < 4.78 is 37.8. The van der Waals surface area contributed by atoms with Crippen molar-refractivity contribution in [2.24, 2.45) is 51.8 Å². The lowest BCUT2D eigenvalue weighted by atomic mass is 9.44.